The normalized spacial score (nSPS) is 28.8. The van der Waals surface area contributed by atoms with Crippen LogP contribution in [0.1, 0.15) is 58.4 Å². The molecule has 0 aromatic heterocycles. The lowest BCUT2D eigenvalue weighted by Gasteiger charge is -2.43. The van der Waals surface area contributed by atoms with Crippen LogP contribution in [0, 0.1) is 17.8 Å². The van der Waals surface area contributed by atoms with Gasteiger partial charge in [0, 0.05) is 12.0 Å². The van der Waals surface area contributed by atoms with E-state index in [1.165, 1.54) is 6.42 Å². The van der Waals surface area contributed by atoms with Crippen LogP contribution >= 0.6 is 12.4 Å². The number of rotatable bonds is 2. The number of amides is 1. The first-order valence-corrected chi connectivity index (χ1v) is 9.15. The van der Waals surface area contributed by atoms with E-state index in [1.807, 2.05) is 12.1 Å². The fraction of sp³-hybridized carbons (Fsp3) is 0.650. The molecule has 0 heterocycles. The molecule has 25 heavy (non-hydrogen) atoms. The van der Waals surface area contributed by atoms with Gasteiger partial charge in [0.2, 0.25) is 5.91 Å². The fourth-order valence-corrected chi connectivity index (χ4v) is 4.34. The molecule has 1 amide bonds. The second-order valence-corrected chi connectivity index (χ2v) is 8.67. The highest BCUT2D eigenvalue weighted by molar-refractivity contribution is 5.94. The summed E-state index contributed by atoms with van der Waals surface area (Å²) >= 11 is 0. The van der Waals surface area contributed by atoms with Gasteiger partial charge in [0.25, 0.3) is 0 Å². The van der Waals surface area contributed by atoms with E-state index >= 15 is 0 Å². The van der Waals surface area contributed by atoms with Crippen molar-refractivity contribution >= 4 is 24.0 Å². The van der Waals surface area contributed by atoms with Crippen molar-refractivity contribution in [2.24, 2.45) is 23.5 Å². The van der Waals surface area contributed by atoms with Crippen LogP contribution in [0.15, 0.2) is 18.2 Å². The zero-order chi connectivity index (χ0) is 17.5. The van der Waals surface area contributed by atoms with Crippen LogP contribution in [-0.4, -0.2) is 17.1 Å². The van der Waals surface area contributed by atoms with E-state index in [0.29, 0.717) is 17.5 Å². The maximum absolute atomic E-state index is 12.8. The first-order valence-electron chi connectivity index (χ1n) is 9.15. The molecule has 2 aliphatic rings. The van der Waals surface area contributed by atoms with Gasteiger partial charge >= 0.3 is 0 Å². The summed E-state index contributed by atoms with van der Waals surface area (Å²) in [6.45, 7) is 6.36. The van der Waals surface area contributed by atoms with E-state index in [-0.39, 0.29) is 41.4 Å². The minimum absolute atomic E-state index is 0. The lowest BCUT2D eigenvalue weighted by Crippen LogP contribution is -2.48. The molecule has 1 aromatic carbocycles. The molecule has 3 rings (SSSR count). The SMILES string of the molecule is CC(C)(C)c1ccc(O)c(NC(=O)C2CC3CCCC(C2)C3N)c1.Cl. The summed E-state index contributed by atoms with van der Waals surface area (Å²) in [5.41, 5.74) is 7.91. The highest BCUT2D eigenvalue weighted by Crippen LogP contribution is 2.42. The summed E-state index contributed by atoms with van der Waals surface area (Å²) in [4.78, 5) is 12.8. The van der Waals surface area contributed by atoms with Gasteiger partial charge in [-0.25, -0.2) is 0 Å². The smallest absolute Gasteiger partial charge is 0.227 e. The van der Waals surface area contributed by atoms with Gasteiger partial charge in [-0.05, 0) is 60.6 Å². The first-order chi connectivity index (χ1) is 11.3. The average Bonchev–Trinajstić information content (AvgIpc) is 2.48. The summed E-state index contributed by atoms with van der Waals surface area (Å²) in [5.74, 6) is 1.12. The predicted octanol–water partition coefficient (Wildman–Crippen LogP) is 4.20. The molecule has 1 aromatic rings. The van der Waals surface area contributed by atoms with E-state index in [2.05, 4.69) is 26.1 Å². The number of hydrogen-bond donors (Lipinski definition) is 3. The van der Waals surface area contributed by atoms with Gasteiger partial charge in [-0.15, -0.1) is 12.4 Å². The maximum Gasteiger partial charge on any atom is 0.227 e. The number of carbonyl (C=O) groups is 1. The van der Waals surface area contributed by atoms with Crippen molar-refractivity contribution in [3.05, 3.63) is 23.8 Å². The van der Waals surface area contributed by atoms with Gasteiger partial charge in [0.1, 0.15) is 5.75 Å². The Balaban J connectivity index is 0.00000225. The number of fused-ring (bicyclic) bond motifs is 2. The molecular weight excluding hydrogens is 336 g/mol. The quantitative estimate of drug-likeness (QED) is 0.686. The molecule has 0 saturated heterocycles. The Morgan fingerprint density at radius 3 is 2.36 bits per heavy atom. The molecular formula is C20H31ClN2O2. The van der Waals surface area contributed by atoms with Gasteiger partial charge < -0.3 is 16.2 Å². The molecule has 2 saturated carbocycles. The van der Waals surface area contributed by atoms with E-state index in [4.69, 9.17) is 5.73 Å². The van der Waals surface area contributed by atoms with Crippen molar-refractivity contribution in [1.82, 2.24) is 0 Å². The van der Waals surface area contributed by atoms with E-state index in [9.17, 15) is 9.90 Å². The van der Waals surface area contributed by atoms with Crippen LogP contribution in [0.3, 0.4) is 0 Å². The highest BCUT2D eigenvalue weighted by atomic mass is 35.5. The number of halogens is 1. The molecule has 2 unspecified atom stereocenters. The number of carbonyl (C=O) groups excluding carboxylic acids is 1. The van der Waals surface area contributed by atoms with Crippen molar-refractivity contribution in [3.8, 4) is 5.75 Å². The van der Waals surface area contributed by atoms with Gasteiger partial charge in [-0.3, -0.25) is 4.79 Å². The molecule has 2 atom stereocenters. The molecule has 0 spiro atoms. The average molecular weight is 367 g/mol. The van der Waals surface area contributed by atoms with Gasteiger partial charge in [-0.2, -0.15) is 0 Å². The Morgan fingerprint density at radius 2 is 1.80 bits per heavy atom. The Kier molecular flexibility index (Phi) is 6.05. The van der Waals surface area contributed by atoms with Crippen LogP contribution in [-0.2, 0) is 10.2 Å². The topological polar surface area (TPSA) is 75.3 Å². The standard InChI is InChI=1S/C20H30N2O2.ClH/c1-20(2,3)15-7-8-17(23)16(11-15)22-19(24)14-9-12-5-4-6-13(10-14)18(12)21;/h7-8,11-14,18,23H,4-6,9-10,21H2,1-3H3,(H,22,24);1H. The number of benzene rings is 1. The molecule has 140 valence electrons. The zero-order valence-electron chi connectivity index (χ0n) is 15.4. The van der Waals surface area contributed by atoms with Crippen LogP contribution in [0.5, 0.6) is 5.75 Å². The maximum atomic E-state index is 12.8. The van der Waals surface area contributed by atoms with Crippen molar-refractivity contribution in [2.75, 3.05) is 5.32 Å². The molecule has 5 heteroatoms. The summed E-state index contributed by atoms with van der Waals surface area (Å²) in [6, 6.07) is 5.74. The van der Waals surface area contributed by atoms with E-state index in [1.54, 1.807) is 6.07 Å². The minimum Gasteiger partial charge on any atom is -0.506 e. The highest BCUT2D eigenvalue weighted by Gasteiger charge is 2.40. The Morgan fingerprint density at radius 1 is 1.20 bits per heavy atom. The fourth-order valence-electron chi connectivity index (χ4n) is 4.34. The number of hydrogen-bond acceptors (Lipinski definition) is 3. The summed E-state index contributed by atoms with van der Waals surface area (Å²) < 4.78 is 0. The Labute approximate surface area is 157 Å². The van der Waals surface area contributed by atoms with E-state index < -0.39 is 0 Å². The third kappa shape index (κ3) is 4.29. The van der Waals surface area contributed by atoms with Crippen molar-refractivity contribution in [2.45, 2.75) is 64.3 Å². The zero-order valence-corrected chi connectivity index (χ0v) is 16.2. The van der Waals surface area contributed by atoms with Crippen molar-refractivity contribution < 1.29 is 9.90 Å². The minimum atomic E-state index is -0.0260. The van der Waals surface area contributed by atoms with Gasteiger partial charge in [0.15, 0.2) is 0 Å². The van der Waals surface area contributed by atoms with E-state index in [0.717, 1.165) is 31.2 Å². The second-order valence-electron chi connectivity index (χ2n) is 8.67. The van der Waals surface area contributed by atoms with Crippen molar-refractivity contribution in [1.29, 1.82) is 0 Å². The molecule has 2 bridgehead atoms. The number of phenols is 1. The molecule has 4 N–H and O–H groups in total. The second kappa shape index (κ2) is 7.55. The van der Waals surface area contributed by atoms with Crippen LogP contribution < -0.4 is 11.1 Å². The van der Waals surface area contributed by atoms with Crippen LogP contribution in [0.25, 0.3) is 0 Å². The molecule has 2 aliphatic carbocycles. The van der Waals surface area contributed by atoms with Crippen LogP contribution in [0.2, 0.25) is 0 Å². The Hall–Kier alpha value is -1.26. The van der Waals surface area contributed by atoms with Gasteiger partial charge in [0.05, 0.1) is 5.69 Å². The number of phenolic OH excluding ortho intramolecular Hbond substituents is 1. The lowest BCUT2D eigenvalue weighted by molar-refractivity contribution is -0.122. The van der Waals surface area contributed by atoms with Crippen LogP contribution in [0.4, 0.5) is 5.69 Å². The van der Waals surface area contributed by atoms with Gasteiger partial charge in [-0.1, -0.05) is 33.3 Å². The number of nitrogens with two attached hydrogens (primary N) is 1. The molecule has 2 fully saturated rings. The lowest BCUT2D eigenvalue weighted by atomic mass is 9.65. The molecule has 4 nitrogen and oxygen atoms in total. The molecule has 0 aliphatic heterocycles. The monoisotopic (exact) mass is 366 g/mol. The first kappa shape index (κ1) is 20.1. The predicted molar refractivity (Wildman–Crippen MR) is 104 cm³/mol. The largest absolute Gasteiger partial charge is 0.506 e. The number of nitrogens with one attached hydrogen (secondary N) is 1. The Bertz CT molecular complexity index is 613. The molecule has 0 radical (unpaired) electrons. The summed E-state index contributed by atoms with van der Waals surface area (Å²) in [5, 5.41) is 13.1. The number of aromatic hydroxyl groups is 1. The van der Waals surface area contributed by atoms with Crippen molar-refractivity contribution in [3.63, 3.8) is 0 Å². The third-order valence-corrected chi connectivity index (χ3v) is 5.90. The third-order valence-electron chi connectivity index (χ3n) is 5.90. The summed E-state index contributed by atoms with van der Waals surface area (Å²) in [7, 11) is 0. The number of anilines is 1. The summed E-state index contributed by atoms with van der Waals surface area (Å²) in [6.07, 6.45) is 5.29.